The first-order valence-electron chi connectivity index (χ1n) is 9.33. The Morgan fingerprint density at radius 2 is 2.10 bits per heavy atom. The van der Waals surface area contributed by atoms with Crippen molar-refractivity contribution in [1.82, 2.24) is 25.0 Å². The van der Waals surface area contributed by atoms with E-state index in [0.717, 1.165) is 18.2 Å². The van der Waals surface area contributed by atoms with E-state index < -0.39 is 46.8 Å². The Morgan fingerprint density at radius 1 is 1.34 bits per heavy atom. The molecule has 1 unspecified atom stereocenters. The molecule has 29 heavy (non-hydrogen) atoms. The van der Waals surface area contributed by atoms with Crippen LogP contribution in [0.15, 0.2) is 32.6 Å². The molecule has 2 heterocycles. The third kappa shape index (κ3) is 3.92. The van der Waals surface area contributed by atoms with E-state index in [4.69, 9.17) is 25.7 Å². The highest BCUT2D eigenvalue weighted by Gasteiger charge is 2.17. The first-order valence-corrected chi connectivity index (χ1v) is 8.20. The molecule has 1 atom stereocenters. The van der Waals surface area contributed by atoms with Crippen molar-refractivity contribution in [3.8, 4) is 23.4 Å². The summed E-state index contributed by atoms with van der Waals surface area (Å²) in [5.74, 6) is -3.12. The van der Waals surface area contributed by atoms with Gasteiger partial charge in [-0.25, -0.2) is 14.3 Å². The summed E-state index contributed by atoms with van der Waals surface area (Å²) in [6, 6.07) is 4.41. The summed E-state index contributed by atoms with van der Waals surface area (Å²) in [5, 5.41) is 17.8. The minimum atomic E-state index is -2.48. The largest absolute Gasteiger partial charge is 0.433 e. The van der Waals surface area contributed by atoms with Crippen LogP contribution in [0.4, 0.5) is 4.39 Å². The molecule has 10 nitrogen and oxygen atoms in total. The van der Waals surface area contributed by atoms with Crippen LogP contribution in [0.1, 0.15) is 35.1 Å². The summed E-state index contributed by atoms with van der Waals surface area (Å²) in [5.41, 5.74) is -3.80. The van der Waals surface area contributed by atoms with E-state index in [-0.39, 0.29) is 22.2 Å². The van der Waals surface area contributed by atoms with Gasteiger partial charge in [0.15, 0.2) is 11.6 Å². The number of benzene rings is 1. The van der Waals surface area contributed by atoms with Crippen LogP contribution >= 0.6 is 11.6 Å². The molecular weight excluding hydrogens is 407 g/mol. The number of nitriles is 1. The van der Waals surface area contributed by atoms with Gasteiger partial charge < -0.3 is 4.74 Å². The number of hydrogen-bond acceptors (Lipinski definition) is 7. The van der Waals surface area contributed by atoms with Crippen molar-refractivity contribution >= 4 is 11.6 Å². The predicted molar refractivity (Wildman–Crippen MR) is 99.2 cm³/mol. The van der Waals surface area contributed by atoms with Crippen LogP contribution in [-0.4, -0.2) is 25.0 Å². The van der Waals surface area contributed by atoms with Crippen LogP contribution in [0, 0.1) is 17.1 Å². The molecule has 2 aromatic heterocycles. The van der Waals surface area contributed by atoms with Gasteiger partial charge in [-0.2, -0.15) is 9.94 Å². The lowest BCUT2D eigenvalue weighted by atomic mass is 10.1. The van der Waals surface area contributed by atoms with Gasteiger partial charge in [-0.3, -0.25) is 14.6 Å². The molecular formula is C17H12ClFN6O4. The predicted octanol–water partition coefficient (Wildman–Crippen LogP) is 1.58. The van der Waals surface area contributed by atoms with E-state index in [1.165, 1.54) is 13.0 Å². The fourth-order valence-electron chi connectivity index (χ4n) is 2.29. The molecule has 12 heteroatoms. The van der Waals surface area contributed by atoms with Crippen molar-refractivity contribution in [3.63, 3.8) is 0 Å². The summed E-state index contributed by atoms with van der Waals surface area (Å²) in [7, 11) is 0. The molecule has 3 rings (SSSR count). The fraction of sp³-hybridized carbons (Fsp3) is 0.176. The number of hydrogen-bond donors (Lipinski definition) is 2. The summed E-state index contributed by atoms with van der Waals surface area (Å²) >= 11 is 6.06. The van der Waals surface area contributed by atoms with Crippen molar-refractivity contribution in [2.45, 2.75) is 19.7 Å². The van der Waals surface area contributed by atoms with Crippen LogP contribution in [-0.2, 0) is 0 Å². The van der Waals surface area contributed by atoms with Gasteiger partial charge in [-0.15, -0.1) is 10.2 Å². The number of H-pyrrole nitrogens is 2. The maximum Gasteiger partial charge on any atom is 0.349 e. The molecule has 148 valence electrons. The fourth-order valence-corrected chi connectivity index (χ4v) is 2.53. The van der Waals surface area contributed by atoms with Crippen molar-refractivity contribution in [3.05, 3.63) is 71.5 Å². The third-order valence-corrected chi connectivity index (χ3v) is 3.92. The van der Waals surface area contributed by atoms with Gasteiger partial charge in [-0.05, 0) is 12.0 Å². The monoisotopic (exact) mass is 421 g/mol. The Balaban J connectivity index is 2.03. The lowest BCUT2D eigenvalue weighted by Crippen LogP contribution is -2.33. The Kier molecular flexibility index (Phi) is 4.29. The number of ether oxygens (including phenoxy) is 1. The molecule has 3 aromatic rings. The van der Waals surface area contributed by atoms with Gasteiger partial charge in [0, 0.05) is 21.8 Å². The van der Waals surface area contributed by atoms with E-state index in [1.807, 2.05) is 4.98 Å². The van der Waals surface area contributed by atoms with E-state index in [0.29, 0.717) is 4.68 Å². The molecule has 0 bridgehead atoms. The van der Waals surface area contributed by atoms with Crippen LogP contribution in [0.3, 0.4) is 0 Å². The maximum atomic E-state index is 14.7. The second-order valence-electron chi connectivity index (χ2n) is 5.68. The smallest absolute Gasteiger partial charge is 0.349 e. The highest BCUT2D eigenvalue weighted by atomic mass is 35.5. The van der Waals surface area contributed by atoms with Crippen LogP contribution in [0.25, 0.3) is 5.69 Å². The minimum Gasteiger partial charge on any atom is -0.433 e. The number of rotatable bonds is 4. The average molecular weight is 422 g/mol. The molecule has 0 amide bonds. The van der Waals surface area contributed by atoms with Gasteiger partial charge in [0.2, 0.25) is 11.6 Å². The molecule has 0 fully saturated rings. The topological polar surface area (TPSA) is 147 Å². The highest BCUT2D eigenvalue weighted by molar-refractivity contribution is 6.32. The Labute approximate surface area is 170 Å². The van der Waals surface area contributed by atoms with Crippen molar-refractivity contribution in [2.75, 3.05) is 0 Å². The standard InChI is InChI=1S/C17H12ClFN6O4/c1-7(2)9-5-13(22-23-15(9)26)29-14-10(18)3-8(4-11(14)19)25-17(28)21-16(27)12(6-20)24-25/h3-5,7H,1-2H3,(H,23,26)(H,21,27,28)/i1D3. The van der Waals surface area contributed by atoms with Crippen LogP contribution in [0.2, 0.25) is 5.02 Å². The summed E-state index contributed by atoms with van der Waals surface area (Å²) in [6.07, 6.45) is 0. The first kappa shape index (κ1) is 16.2. The van der Waals surface area contributed by atoms with Gasteiger partial charge in [-0.1, -0.05) is 25.4 Å². The molecule has 0 saturated carbocycles. The normalized spacial score (nSPS) is 13.7. The second kappa shape index (κ2) is 7.69. The summed E-state index contributed by atoms with van der Waals surface area (Å²) in [4.78, 5) is 37.2. The lowest BCUT2D eigenvalue weighted by molar-refractivity contribution is 0.419. The number of aromatic amines is 2. The zero-order chi connectivity index (χ0) is 23.8. The summed E-state index contributed by atoms with van der Waals surface area (Å²) in [6.45, 7) is -1.16. The molecule has 0 aliphatic carbocycles. The quantitative estimate of drug-likeness (QED) is 0.650. The molecule has 1 aromatic carbocycles. The van der Waals surface area contributed by atoms with Gasteiger partial charge in [0.1, 0.15) is 6.07 Å². The maximum absolute atomic E-state index is 14.7. The van der Waals surface area contributed by atoms with Gasteiger partial charge in [0.25, 0.3) is 11.1 Å². The number of halogens is 2. The molecule has 0 spiro atoms. The zero-order valence-electron chi connectivity index (χ0n) is 17.5. The molecule has 0 radical (unpaired) electrons. The highest BCUT2D eigenvalue weighted by Crippen LogP contribution is 2.33. The Morgan fingerprint density at radius 3 is 2.76 bits per heavy atom. The van der Waals surface area contributed by atoms with Crippen LogP contribution < -0.4 is 21.5 Å². The van der Waals surface area contributed by atoms with E-state index >= 15 is 0 Å². The first-order chi connectivity index (χ1) is 14.9. The number of nitrogens with zero attached hydrogens (tertiary/aromatic N) is 4. The van der Waals surface area contributed by atoms with Crippen molar-refractivity contribution < 1.29 is 13.2 Å². The summed E-state index contributed by atoms with van der Waals surface area (Å²) < 4.78 is 43.0. The zero-order valence-corrected chi connectivity index (χ0v) is 15.2. The van der Waals surface area contributed by atoms with E-state index in [2.05, 4.69) is 15.3 Å². The Hall–Kier alpha value is -3.78. The molecule has 0 saturated heterocycles. The minimum absolute atomic E-state index is 0.156. The Bertz CT molecular complexity index is 1400. The molecule has 0 aliphatic heterocycles. The van der Waals surface area contributed by atoms with Crippen LogP contribution in [0.5, 0.6) is 11.6 Å². The van der Waals surface area contributed by atoms with Crippen molar-refractivity contribution in [1.29, 1.82) is 5.26 Å². The van der Waals surface area contributed by atoms with E-state index in [1.54, 1.807) is 0 Å². The molecule has 0 aliphatic rings. The SMILES string of the molecule is [2H]C([2H])([2H])C(C)c1cc(Oc2c(F)cc(-n3nc(C#N)c(=O)[nH]c3=O)cc2Cl)n[nH]c1=O. The second-order valence-corrected chi connectivity index (χ2v) is 6.09. The molecule has 2 N–H and O–H groups in total. The van der Waals surface area contributed by atoms with Gasteiger partial charge >= 0.3 is 5.69 Å². The van der Waals surface area contributed by atoms with Crippen molar-refractivity contribution in [2.24, 2.45) is 0 Å². The lowest BCUT2D eigenvalue weighted by Gasteiger charge is -2.11. The third-order valence-electron chi connectivity index (χ3n) is 3.64. The number of nitrogens with one attached hydrogen (secondary N) is 2. The van der Waals surface area contributed by atoms with E-state index in [9.17, 15) is 18.8 Å². The van der Waals surface area contributed by atoms with Gasteiger partial charge in [0.05, 0.1) is 10.7 Å². The number of aromatic nitrogens is 5. The average Bonchev–Trinajstić information content (AvgIpc) is 2.70.